The molecule has 2 rings (SSSR count). The van der Waals surface area contributed by atoms with Crippen LogP contribution in [0.5, 0.6) is 5.75 Å². The van der Waals surface area contributed by atoms with Gasteiger partial charge >= 0.3 is 0 Å². The van der Waals surface area contributed by atoms with Crippen molar-refractivity contribution in [2.45, 2.75) is 33.1 Å². The monoisotopic (exact) mass is 229 g/mol. The molecule has 0 saturated heterocycles. The quantitative estimate of drug-likeness (QED) is 0.762. The normalized spacial score (nSPS) is 11.8. The minimum atomic E-state index is 0.0831. The molecule has 0 fully saturated rings. The Balaban J connectivity index is 2.64. The highest BCUT2D eigenvalue weighted by atomic mass is 16.3. The molecule has 1 aromatic heterocycles. The van der Waals surface area contributed by atoms with E-state index in [9.17, 15) is 5.11 Å². The zero-order chi connectivity index (χ0) is 12.6. The largest absolute Gasteiger partial charge is 0.507 e. The van der Waals surface area contributed by atoms with Crippen molar-refractivity contribution in [3.63, 3.8) is 0 Å². The average molecular weight is 229 g/mol. The van der Waals surface area contributed by atoms with Crippen LogP contribution in [0.15, 0.2) is 30.5 Å². The summed E-state index contributed by atoms with van der Waals surface area (Å²) in [6.45, 7) is 8.48. The van der Waals surface area contributed by atoms with Gasteiger partial charge in [0.15, 0.2) is 0 Å². The number of phenolic OH excluding ortho intramolecular Hbond substituents is 1. The maximum Gasteiger partial charge on any atom is 0.127 e. The van der Waals surface area contributed by atoms with Crippen LogP contribution in [0.2, 0.25) is 0 Å². The molecule has 2 nitrogen and oxygen atoms in total. The Morgan fingerprint density at radius 2 is 1.88 bits per heavy atom. The van der Waals surface area contributed by atoms with E-state index in [1.54, 1.807) is 0 Å². The van der Waals surface area contributed by atoms with Crippen molar-refractivity contribution < 1.29 is 5.11 Å². The van der Waals surface area contributed by atoms with Crippen LogP contribution in [-0.4, -0.2) is 10.1 Å². The van der Waals surface area contributed by atoms with Crippen LogP contribution in [0.4, 0.5) is 0 Å². The number of aryl methyl sites for hydroxylation is 1. The van der Waals surface area contributed by atoms with Crippen molar-refractivity contribution in [3.8, 4) is 17.0 Å². The second-order valence-corrected chi connectivity index (χ2v) is 5.52. The lowest BCUT2D eigenvalue weighted by Gasteiger charge is -2.21. The van der Waals surface area contributed by atoms with Gasteiger partial charge in [0, 0.05) is 17.5 Å². The van der Waals surface area contributed by atoms with Crippen LogP contribution in [0.25, 0.3) is 11.3 Å². The number of H-pyrrole nitrogens is 1. The van der Waals surface area contributed by atoms with Gasteiger partial charge in [0.1, 0.15) is 5.75 Å². The fourth-order valence-electron chi connectivity index (χ4n) is 1.92. The summed E-state index contributed by atoms with van der Waals surface area (Å²) in [5.74, 6) is 0.362. The molecule has 0 saturated carbocycles. The van der Waals surface area contributed by atoms with Gasteiger partial charge < -0.3 is 10.1 Å². The molecule has 90 valence electrons. The molecule has 0 aliphatic rings. The van der Waals surface area contributed by atoms with E-state index in [-0.39, 0.29) is 5.41 Å². The van der Waals surface area contributed by atoms with E-state index in [2.05, 4.69) is 37.9 Å². The summed E-state index contributed by atoms with van der Waals surface area (Å²) in [7, 11) is 0. The predicted octanol–water partition coefficient (Wildman–Crippen LogP) is 3.99. The lowest BCUT2D eigenvalue weighted by molar-refractivity contribution is 0.471. The Hall–Kier alpha value is -1.70. The summed E-state index contributed by atoms with van der Waals surface area (Å²) < 4.78 is 0. The molecule has 0 bridgehead atoms. The van der Waals surface area contributed by atoms with Crippen molar-refractivity contribution >= 4 is 0 Å². The lowest BCUT2D eigenvalue weighted by Crippen LogP contribution is -2.11. The Kier molecular flexibility index (Phi) is 2.74. The van der Waals surface area contributed by atoms with Gasteiger partial charge in [0.05, 0.1) is 0 Å². The Bertz CT molecular complexity index is 519. The maximum absolute atomic E-state index is 10.1. The molecule has 0 unspecified atom stereocenters. The molecule has 17 heavy (non-hydrogen) atoms. The molecule has 1 aromatic carbocycles. The number of hydrogen-bond acceptors (Lipinski definition) is 1. The highest BCUT2D eigenvalue weighted by molar-refractivity contribution is 5.70. The molecule has 0 atom stereocenters. The van der Waals surface area contributed by atoms with Crippen molar-refractivity contribution in [3.05, 3.63) is 41.6 Å². The molecule has 0 aliphatic heterocycles. The van der Waals surface area contributed by atoms with Crippen molar-refractivity contribution in [2.75, 3.05) is 0 Å². The predicted molar refractivity (Wildman–Crippen MR) is 71.3 cm³/mol. The first kappa shape index (κ1) is 11.8. The van der Waals surface area contributed by atoms with Crippen molar-refractivity contribution in [2.24, 2.45) is 0 Å². The Morgan fingerprint density at radius 3 is 2.41 bits per heavy atom. The second-order valence-electron chi connectivity index (χ2n) is 5.52. The first-order valence-corrected chi connectivity index (χ1v) is 5.87. The van der Waals surface area contributed by atoms with Gasteiger partial charge in [-0.1, -0.05) is 26.8 Å². The molecular weight excluding hydrogens is 210 g/mol. The summed E-state index contributed by atoms with van der Waals surface area (Å²) in [6.07, 6.45) is 1.87. The minimum Gasteiger partial charge on any atom is -0.507 e. The van der Waals surface area contributed by atoms with E-state index in [4.69, 9.17) is 0 Å². The molecule has 0 spiro atoms. The Labute approximate surface area is 102 Å². The van der Waals surface area contributed by atoms with Crippen LogP contribution in [0.3, 0.4) is 0 Å². The molecule has 2 N–H and O–H groups in total. The number of rotatable bonds is 1. The fourth-order valence-corrected chi connectivity index (χ4v) is 1.92. The van der Waals surface area contributed by atoms with E-state index in [0.717, 1.165) is 16.8 Å². The first-order valence-electron chi connectivity index (χ1n) is 5.87. The van der Waals surface area contributed by atoms with E-state index >= 15 is 0 Å². The maximum atomic E-state index is 10.1. The third-order valence-corrected chi connectivity index (χ3v) is 3.05. The second kappa shape index (κ2) is 3.95. The summed E-state index contributed by atoms with van der Waals surface area (Å²) in [5.41, 5.74) is 4.07. The fraction of sp³-hybridized carbons (Fsp3) is 0.333. The summed E-state index contributed by atoms with van der Waals surface area (Å²) in [4.78, 5) is 3.14. The van der Waals surface area contributed by atoms with Gasteiger partial charge in [-0.05, 0) is 41.7 Å². The zero-order valence-corrected chi connectivity index (χ0v) is 10.8. The topological polar surface area (TPSA) is 36.0 Å². The highest BCUT2D eigenvalue weighted by Crippen LogP contribution is 2.35. The summed E-state index contributed by atoms with van der Waals surface area (Å²) in [5, 5.41) is 10.1. The molecule has 0 aliphatic carbocycles. The first-order chi connectivity index (χ1) is 7.89. The number of nitrogens with one attached hydrogen (secondary N) is 1. The van der Waals surface area contributed by atoms with E-state index in [1.807, 2.05) is 25.3 Å². The third-order valence-electron chi connectivity index (χ3n) is 3.05. The van der Waals surface area contributed by atoms with Crippen LogP contribution in [0, 0.1) is 6.92 Å². The van der Waals surface area contributed by atoms with Crippen LogP contribution < -0.4 is 0 Å². The van der Waals surface area contributed by atoms with Crippen molar-refractivity contribution in [1.29, 1.82) is 0 Å². The van der Waals surface area contributed by atoms with Crippen LogP contribution in [-0.2, 0) is 5.41 Å². The van der Waals surface area contributed by atoms with Gasteiger partial charge in [-0.2, -0.15) is 0 Å². The molecule has 0 radical (unpaired) electrons. The van der Waals surface area contributed by atoms with Crippen molar-refractivity contribution in [1.82, 2.24) is 4.98 Å². The average Bonchev–Trinajstić information content (AvgIpc) is 2.73. The molecule has 0 amide bonds. The standard InChI is InChI=1S/C15H19NO/c1-10-8-11(15(2,3)4)9-12(14(10)17)13-6-5-7-16-13/h5-9,16-17H,1-4H3. The SMILES string of the molecule is Cc1cc(C(C)(C)C)cc(-c2ccc[nH]2)c1O. The third kappa shape index (κ3) is 2.21. The zero-order valence-electron chi connectivity index (χ0n) is 10.8. The minimum absolute atomic E-state index is 0.0831. The number of benzene rings is 1. The van der Waals surface area contributed by atoms with Crippen LogP contribution >= 0.6 is 0 Å². The smallest absolute Gasteiger partial charge is 0.127 e. The number of hydrogen-bond donors (Lipinski definition) is 2. The van der Waals surface area contributed by atoms with E-state index in [1.165, 1.54) is 5.56 Å². The number of phenols is 1. The van der Waals surface area contributed by atoms with Crippen LogP contribution in [0.1, 0.15) is 31.9 Å². The van der Waals surface area contributed by atoms with Gasteiger partial charge in [-0.3, -0.25) is 0 Å². The number of aromatic amines is 1. The number of aromatic nitrogens is 1. The summed E-state index contributed by atoms with van der Waals surface area (Å²) in [6, 6.07) is 8.03. The van der Waals surface area contributed by atoms with Gasteiger partial charge in [-0.15, -0.1) is 0 Å². The molecular formula is C15H19NO. The van der Waals surface area contributed by atoms with Gasteiger partial charge in [0.2, 0.25) is 0 Å². The summed E-state index contributed by atoms with van der Waals surface area (Å²) >= 11 is 0. The number of aromatic hydroxyl groups is 1. The molecule has 2 heteroatoms. The molecule has 1 heterocycles. The van der Waals surface area contributed by atoms with E-state index < -0.39 is 0 Å². The Morgan fingerprint density at radius 1 is 1.18 bits per heavy atom. The lowest BCUT2D eigenvalue weighted by atomic mass is 9.84. The molecule has 2 aromatic rings. The highest BCUT2D eigenvalue weighted by Gasteiger charge is 2.18. The van der Waals surface area contributed by atoms with Gasteiger partial charge in [0.25, 0.3) is 0 Å². The van der Waals surface area contributed by atoms with E-state index in [0.29, 0.717) is 5.75 Å². The van der Waals surface area contributed by atoms with Gasteiger partial charge in [-0.25, -0.2) is 0 Å².